The summed E-state index contributed by atoms with van der Waals surface area (Å²) in [7, 11) is 0. The molecule has 1 saturated heterocycles. The lowest BCUT2D eigenvalue weighted by Crippen LogP contribution is -2.43. The Morgan fingerprint density at radius 3 is 2.43 bits per heavy atom. The first-order chi connectivity index (χ1) is 13.5. The number of aliphatic carboxylic acids is 1. The van der Waals surface area contributed by atoms with Gasteiger partial charge in [0.05, 0.1) is 0 Å². The topological polar surface area (TPSA) is 94.9 Å². The van der Waals surface area contributed by atoms with E-state index in [1.807, 2.05) is 6.07 Å². The molecule has 0 unspecified atom stereocenters. The van der Waals surface area contributed by atoms with E-state index in [2.05, 4.69) is 0 Å². The van der Waals surface area contributed by atoms with Crippen LogP contribution in [0.3, 0.4) is 0 Å². The van der Waals surface area contributed by atoms with Crippen LogP contribution in [0.1, 0.15) is 27.7 Å². The van der Waals surface area contributed by atoms with E-state index >= 15 is 0 Å². The Morgan fingerprint density at radius 1 is 1.07 bits per heavy atom. The number of rotatable bonds is 6. The van der Waals surface area contributed by atoms with E-state index in [-0.39, 0.29) is 34.7 Å². The highest BCUT2D eigenvalue weighted by molar-refractivity contribution is 8.14. The zero-order valence-corrected chi connectivity index (χ0v) is 16.5. The summed E-state index contributed by atoms with van der Waals surface area (Å²) in [5.41, 5.74) is 1.07. The van der Waals surface area contributed by atoms with E-state index in [4.69, 9.17) is 0 Å². The average Bonchev–Trinajstić information content (AvgIpc) is 3.14. The molecule has 2 atom stereocenters. The summed E-state index contributed by atoms with van der Waals surface area (Å²) in [6.45, 7) is 0. The van der Waals surface area contributed by atoms with Crippen LogP contribution in [0.25, 0.3) is 0 Å². The highest BCUT2D eigenvalue weighted by Crippen LogP contribution is 2.44. The van der Waals surface area contributed by atoms with Crippen molar-refractivity contribution in [3.05, 3.63) is 65.7 Å². The Labute approximate surface area is 170 Å². The van der Waals surface area contributed by atoms with Crippen molar-refractivity contribution in [3.8, 4) is 5.75 Å². The van der Waals surface area contributed by atoms with Crippen LogP contribution in [0.4, 0.5) is 0 Å². The third-order valence-electron chi connectivity index (χ3n) is 4.33. The largest absolute Gasteiger partial charge is 0.508 e. The molecule has 8 heteroatoms. The van der Waals surface area contributed by atoms with Gasteiger partial charge in [0.1, 0.15) is 17.2 Å². The number of thioether (sulfide) groups is 2. The number of hydrogen-bond acceptors (Lipinski definition) is 6. The van der Waals surface area contributed by atoms with Crippen molar-refractivity contribution in [2.75, 3.05) is 11.5 Å². The van der Waals surface area contributed by atoms with Crippen LogP contribution in [-0.4, -0.2) is 49.7 Å². The SMILES string of the molecule is O=C(SCCC(=O)N1[C@H](C(=O)O)CS[C@H]1c1ccccc1O)c1ccccc1. The molecule has 0 aliphatic carbocycles. The van der Waals surface area contributed by atoms with Gasteiger partial charge in [0.25, 0.3) is 0 Å². The summed E-state index contributed by atoms with van der Waals surface area (Å²) in [5, 5.41) is 18.9. The number of carbonyl (C=O) groups excluding carboxylic acids is 2. The van der Waals surface area contributed by atoms with Crippen LogP contribution < -0.4 is 0 Å². The van der Waals surface area contributed by atoms with E-state index in [1.165, 1.54) is 22.7 Å². The number of aromatic hydroxyl groups is 1. The first-order valence-electron chi connectivity index (χ1n) is 8.64. The number of carboxylic acid groups (broad SMARTS) is 1. The molecule has 1 fully saturated rings. The van der Waals surface area contributed by atoms with Crippen LogP contribution in [0.5, 0.6) is 5.75 Å². The van der Waals surface area contributed by atoms with Crippen molar-refractivity contribution < 1.29 is 24.6 Å². The van der Waals surface area contributed by atoms with Crippen molar-refractivity contribution >= 4 is 40.5 Å². The molecule has 2 N–H and O–H groups in total. The van der Waals surface area contributed by atoms with Crippen molar-refractivity contribution in [1.82, 2.24) is 4.90 Å². The molecule has 0 bridgehead atoms. The molecule has 0 saturated carbocycles. The summed E-state index contributed by atoms with van der Waals surface area (Å²) in [5.74, 6) is -0.896. The van der Waals surface area contributed by atoms with Crippen LogP contribution in [-0.2, 0) is 9.59 Å². The molecule has 0 spiro atoms. The van der Waals surface area contributed by atoms with Gasteiger partial charge in [-0.25, -0.2) is 4.79 Å². The molecular weight excluding hydrogens is 398 g/mol. The fourth-order valence-corrected chi connectivity index (χ4v) is 5.19. The second-order valence-electron chi connectivity index (χ2n) is 6.15. The number of hydrogen-bond donors (Lipinski definition) is 2. The molecule has 28 heavy (non-hydrogen) atoms. The molecule has 2 aromatic carbocycles. The van der Waals surface area contributed by atoms with Gasteiger partial charge in [-0.3, -0.25) is 9.59 Å². The number of amides is 1. The predicted octanol–water partition coefficient (Wildman–Crippen LogP) is 3.38. The molecule has 1 heterocycles. The predicted molar refractivity (Wildman–Crippen MR) is 109 cm³/mol. The van der Waals surface area contributed by atoms with E-state index in [0.29, 0.717) is 11.1 Å². The first kappa shape index (κ1) is 20.3. The highest BCUT2D eigenvalue weighted by atomic mass is 32.2. The van der Waals surface area contributed by atoms with Gasteiger partial charge in [0.15, 0.2) is 0 Å². The van der Waals surface area contributed by atoms with Gasteiger partial charge in [-0.1, -0.05) is 60.3 Å². The summed E-state index contributed by atoms with van der Waals surface area (Å²) in [6, 6.07) is 14.4. The number of carbonyl (C=O) groups is 3. The number of para-hydroxylation sites is 1. The molecule has 6 nitrogen and oxygen atoms in total. The van der Waals surface area contributed by atoms with Crippen molar-refractivity contribution in [3.63, 3.8) is 0 Å². The Kier molecular flexibility index (Phi) is 6.64. The second kappa shape index (κ2) is 9.16. The smallest absolute Gasteiger partial charge is 0.327 e. The summed E-state index contributed by atoms with van der Waals surface area (Å²) in [6.07, 6.45) is 0.0394. The maximum Gasteiger partial charge on any atom is 0.327 e. The van der Waals surface area contributed by atoms with Gasteiger partial charge in [0, 0.05) is 29.1 Å². The molecular formula is C20H19NO5S2. The van der Waals surface area contributed by atoms with E-state index in [0.717, 1.165) is 11.8 Å². The van der Waals surface area contributed by atoms with Crippen molar-refractivity contribution in [2.24, 2.45) is 0 Å². The fourth-order valence-electron chi connectivity index (χ4n) is 2.95. The van der Waals surface area contributed by atoms with Gasteiger partial charge in [-0.2, -0.15) is 0 Å². The second-order valence-corrected chi connectivity index (χ2v) is 8.33. The number of benzene rings is 2. The maximum atomic E-state index is 12.8. The van der Waals surface area contributed by atoms with Crippen LogP contribution in [0, 0.1) is 0 Å². The first-order valence-corrected chi connectivity index (χ1v) is 10.7. The molecule has 1 aliphatic heterocycles. The summed E-state index contributed by atoms with van der Waals surface area (Å²) >= 11 is 2.35. The molecule has 1 aliphatic rings. The molecule has 1 amide bonds. The minimum Gasteiger partial charge on any atom is -0.508 e. The van der Waals surface area contributed by atoms with Crippen LogP contribution >= 0.6 is 23.5 Å². The maximum absolute atomic E-state index is 12.8. The Bertz CT molecular complexity index is 874. The number of phenols is 1. The third kappa shape index (κ3) is 4.51. The zero-order valence-electron chi connectivity index (χ0n) is 14.9. The summed E-state index contributed by atoms with van der Waals surface area (Å²) < 4.78 is 0. The van der Waals surface area contributed by atoms with Gasteiger partial charge in [0.2, 0.25) is 11.0 Å². The molecule has 0 radical (unpaired) electrons. The number of nitrogens with zero attached hydrogens (tertiary/aromatic N) is 1. The minimum absolute atomic E-state index is 0.0254. The van der Waals surface area contributed by atoms with Crippen molar-refractivity contribution in [2.45, 2.75) is 17.8 Å². The monoisotopic (exact) mass is 417 g/mol. The fraction of sp³-hybridized carbons (Fsp3) is 0.250. The lowest BCUT2D eigenvalue weighted by atomic mass is 10.1. The quantitative estimate of drug-likeness (QED) is 0.744. The third-order valence-corrected chi connectivity index (χ3v) is 6.55. The standard InChI is InChI=1S/C20H19NO5S2/c22-16-9-5-4-8-14(16)18-21(15(12-28-18)19(24)25)17(23)10-11-27-20(26)13-6-2-1-3-7-13/h1-9,15,18,22H,10-12H2,(H,24,25)/t15-,18-/m0/s1. The molecule has 2 aromatic rings. The van der Waals surface area contributed by atoms with Gasteiger partial charge >= 0.3 is 5.97 Å². The van der Waals surface area contributed by atoms with E-state index < -0.39 is 17.4 Å². The molecule has 3 rings (SSSR count). The summed E-state index contributed by atoms with van der Waals surface area (Å²) in [4.78, 5) is 37.9. The van der Waals surface area contributed by atoms with Crippen molar-refractivity contribution in [1.29, 1.82) is 0 Å². The Hall–Kier alpha value is -2.45. The average molecular weight is 418 g/mol. The Balaban J connectivity index is 1.68. The Morgan fingerprint density at radius 2 is 1.75 bits per heavy atom. The minimum atomic E-state index is -1.08. The zero-order chi connectivity index (χ0) is 20.1. The van der Waals surface area contributed by atoms with Crippen LogP contribution in [0.2, 0.25) is 0 Å². The van der Waals surface area contributed by atoms with E-state index in [1.54, 1.807) is 42.5 Å². The lowest BCUT2D eigenvalue weighted by Gasteiger charge is -2.28. The molecule has 0 aromatic heterocycles. The van der Waals surface area contributed by atoms with Gasteiger partial charge in [-0.05, 0) is 6.07 Å². The van der Waals surface area contributed by atoms with Gasteiger partial charge < -0.3 is 15.1 Å². The van der Waals surface area contributed by atoms with E-state index in [9.17, 15) is 24.6 Å². The van der Waals surface area contributed by atoms with Gasteiger partial charge in [-0.15, -0.1) is 11.8 Å². The lowest BCUT2D eigenvalue weighted by molar-refractivity contribution is -0.149. The normalized spacial score (nSPS) is 18.8. The highest BCUT2D eigenvalue weighted by Gasteiger charge is 2.42. The molecule has 146 valence electrons. The van der Waals surface area contributed by atoms with Crippen LogP contribution in [0.15, 0.2) is 54.6 Å². The number of phenolic OH excluding ortho intramolecular Hbond substituents is 1. The number of carboxylic acids is 1.